The van der Waals surface area contributed by atoms with Crippen molar-refractivity contribution in [2.75, 3.05) is 11.9 Å². The number of benzene rings is 2. The van der Waals surface area contributed by atoms with Crippen LogP contribution in [0.4, 0.5) is 5.69 Å². The Morgan fingerprint density at radius 3 is 2.45 bits per heavy atom. The molecule has 0 atom stereocenters. The lowest BCUT2D eigenvalue weighted by molar-refractivity contribution is 0.0993. The molecule has 0 aliphatic rings. The highest BCUT2D eigenvalue weighted by Gasteiger charge is 2.14. The Morgan fingerprint density at radius 2 is 1.90 bits per heavy atom. The van der Waals surface area contributed by atoms with Gasteiger partial charge >= 0.3 is 0 Å². The summed E-state index contributed by atoms with van der Waals surface area (Å²) in [5.74, 6) is -0.146. The zero-order valence-electron chi connectivity index (χ0n) is 10.6. The number of carbonyl (C=O) groups is 1. The van der Waals surface area contributed by atoms with Crippen LogP contribution in [0, 0.1) is 11.3 Å². The van der Waals surface area contributed by atoms with Crippen LogP contribution in [0.1, 0.15) is 15.9 Å². The zero-order valence-corrected chi connectivity index (χ0v) is 12.9. The Bertz CT molecular complexity index is 692. The van der Waals surface area contributed by atoms with Crippen molar-refractivity contribution in [3.63, 3.8) is 0 Å². The van der Waals surface area contributed by atoms with Crippen LogP contribution < -0.4 is 4.90 Å². The first-order chi connectivity index (χ1) is 9.52. The van der Waals surface area contributed by atoms with E-state index < -0.39 is 0 Å². The minimum absolute atomic E-state index is 0.146. The predicted octanol–water partition coefficient (Wildman–Crippen LogP) is 4.25. The number of hydrogen-bond donors (Lipinski definition) is 0. The van der Waals surface area contributed by atoms with Crippen LogP contribution >= 0.6 is 27.5 Å². The summed E-state index contributed by atoms with van der Waals surface area (Å²) in [5, 5.41) is 9.32. The molecule has 2 aromatic carbocycles. The Labute approximate surface area is 130 Å². The van der Waals surface area contributed by atoms with E-state index in [1.807, 2.05) is 6.07 Å². The number of nitrogens with zero attached hydrogens (tertiary/aromatic N) is 2. The van der Waals surface area contributed by atoms with E-state index in [9.17, 15) is 4.79 Å². The third-order valence-electron chi connectivity index (χ3n) is 2.85. The third kappa shape index (κ3) is 3.01. The molecule has 0 radical (unpaired) electrons. The van der Waals surface area contributed by atoms with Gasteiger partial charge in [0.25, 0.3) is 5.91 Å². The van der Waals surface area contributed by atoms with E-state index in [1.54, 1.807) is 49.5 Å². The van der Waals surface area contributed by atoms with E-state index in [2.05, 4.69) is 15.9 Å². The normalized spacial score (nSPS) is 9.90. The summed E-state index contributed by atoms with van der Waals surface area (Å²) in [4.78, 5) is 13.9. The Hall–Kier alpha value is -1.83. The van der Waals surface area contributed by atoms with E-state index in [1.165, 1.54) is 4.90 Å². The monoisotopic (exact) mass is 348 g/mol. The predicted molar refractivity (Wildman–Crippen MR) is 83.0 cm³/mol. The molecule has 2 rings (SSSR count). The first-order valence-corrected chi connectivity index (χ1v) is 6.93. The minimum atomic E-state index is -0.146. The van der Waals surface area contributed by atoms with Crippen LogP contribution in [0.5, 0.6) is 0 Å². The van der Waals surface area contributed by atoms with Gasteiger partial charge in [-0.25, -0.2) is 0 Å². The Morgan fingerprint density at radius 1 is 1.25 bits per heavy atom. The highest BCUT2D eigenvalue weighted by molar-refractivity contribution is 9.10. The lowest BCUT2D eigenvalue weighted by atomic mass is 10.1. The first kappa shape index (κ1) is 14.6. The maximum absolute atomic E-state index is 12.4. The summed E-state index contributed by atoms with van der Waals surface area (Å²) in [5.41, 5.74) is 1.82. The van der Waals surface area contributed by atoms with Gasteiger partial charge in [-0.05, 0) is 58.4 Å². The summed E-state index contributed by atoms with van der Waals surface area (Å²) in [6.07, 6.45) is 0. The smallest absolute Gasteiger partial charge is 0.258 e. The van der Waals surface area contributed by atoms with Gasteiger partial charge in [0, 0.05) is 22.8 Å². The van der Waals surface area contributed by atoms with Gasteiger partial charge in [0.15, 0.2) is 0 Å². The number of nitriles is 1. The van der Waals surface area contributed by atoms with Crippen LogP contribution in [0.25, 0.3) is 0 Å². The van der Waals surface area contributed by atoms with Crippen LogP contribution in [-0.2, 0) is 0 Å². The molecule has 0 fully saturated rings. The first-order valence-electron chi connectivity index (χ1n) is 5.76. The average molecular weight is 350 g/mol. The summed E-state index contributed by atoms with van der Waals surface area (Å²) in [6.45, 7) is 0. The number of halogens is 2. The van der Waals surface area contributed by atoms with Crippen molar-refractivity contribution in [2.45, 2.75) is 0 Å². The molecular weight excluding hydrogens is 340 g/mol. The van der Waals surface area contributed by atoms with Crippen LogP contribution in [0.3, 0.4) is 0 Å². The zero-order chi connectivity index (χ0) is 14.7. The second kappa shape index (κ2) is 6.08. The van der Waals surface area contributed by atoms with E-state index in [-0.39, 0.29) is 5.91 Å². The fraction of sp³-hybridized carbons (Fsp3) is 0.0667. The minimum Gasteiger partial charge on any atom is -0.311 e. The van der Waals surface area contributed by atoms with Gasteiger partial charge in [-0.3, -0.25) is 4.79 Å². The van der Waals surface area contributed by atoms with Crippen molar-refractivity contribution < 1.29 is 4.79 Å². The second-order valence-electron chi connectivity index (χ2n) is 4.15. The topological polar surface area (TPSA) is 44.1 Å². The van der Waals surface area contributed by atoms with Gasteiger partial charge in [0.2, 0.25) is 0 Å². The molecule has 2 aromatic rings. The molecule has 0 saturated heterocycles. The van der Waals surface area contributed by atoms with Crippen LogP contribution in [0.15, 0.2) is 46.9 Å². The van der Waals surface area contributed by atoms with Crippen LogP contribution in [0.2, 0.25) is 5.02 Å². The molecule has 20 heavy (non-hydrogen) atoms. The van der Waals surface area contributed by atoms with E-state index >= 15 is 0 Å². The fourth-order valence-corrected chi connectivity index (χ4v) is 2.20. The second-order valence-corrected chi connectivity index (χ2v) is 5.41. The molecule has 0 heterocycles. The molecule has 0 unspecified atom stereocenters. The third-order valence-corrected chi connectivity index (χ3v) is 4.07. The maximum Gasteiger partial charge on any atom is 0.258 e. The van der Waals surface area contributed by atoms with Gasteiger partial charge in [-0.1, -0.05) is 11.6 Å². The highest BCUT2D eigenvalue weighted by Crippen LogP contribution is 2.24. The number of carbonyl (C=O) groups excluding carboxylic acids is 1. The summed E-state index contributed by atoms with van der Waals surface area (Å²) >= 11 is 9.21. The summed E-state index contributed by atoms with van der Waals surface area (Å²) < 4.78 is 0.679. The van der Waals surface area contributed by atoms with Gasteiger partial charge in [0.1, 0.15) is 0 Å². The van der Waals surface area contributed by atoms with Crippen molar-refractivity contribution in [1.82, 2.24) is 0 Å². The highest BCUT2D eigenvalue weighted by atomic mass is 79.9. The molecule has 0 aromatic heterocycles. The average Bonchev–Trinajstić information content (AvgIpc) is 2.48. The molecule has 0 N–H and O–H groups in total. The number of anilines is 1. The Kier molecular flexibility index (Phi) is 4.43. The van der Waals surface area contributed by atoms with Crippen molar-refractivity contribution in [1.29, 1.82) is 5.26 Å². The van der Waals surface area contributed by atoms with Crippen molar-refractivity contribution in [2.24, 2.45) is 0 Å². The van der Waals surface area contributed by atoms with Crippen molar-refractivity contribution in [3.05, 3.63) is 63.1 Å². The molecule has 0 aliphatic heterocycles. The maximum atomic E-state index is 12.4. The van der Waals surface area contributed by atoms with E-state index in [0.717, 1.165) is 5.69 Å². The van der Waals surface area contributed by atoms with Gasteiger partial charge in [0.05, 0.1) is 16.7 Å². The standard InChI is InChI=1S/C15H10BrClN2O/c1-19(12-5-2-10(9-18)3-6-12)15(20)11-4-7-14(17)13(16)8-11/h2-8H,1H3. The lowest BCUT2D eigenvalue weighted by Gasteiger charge is -2.17. The molecule has 1 amide bonds. The Balaban J connectivity index is 2.27. The molecule has 5 heteroatoms. The quantitative estimate of drug-likeness (QED) is 0.813. The summed E-state index contributed by atoms with van der Waals surface area (Å²) in [6, 6.07) is 13.9. The van der Waals surface area contributed by atoms with Gasteiger partial charge < -0.3 is 4.90 Å². The van der Waals surface area contributed by atoms with E-state index in [4.69, 9.17) is 16.9 Å². The van der Waals surface area contributed by atoms with Gasteiger partial charge in [-0.15, -0.1) is 0 Å². The number of rotatable bonds is 2. The molecule has 0 spiro atoms. The molecule has 3 nitrogen and oxygen atoms in total. The number of amides is 1. The molecule has 0 saturated carbocycles. The lowest BCUT2D eigenvalue weighted by Crippen LogP contribution is -2.26. The summed E-state index contributed by atoms with van der Waals surface area (Å²) in [7, 11) is 1.69. The molecular formula is C15H10BrClN2O. The molecule has 0 bridgehead atoms. The number of hydrogen-bond acceptors (Lipinski definition) is 2. The molecule has 0 aliphatic carbocycles. The fourth-order valence-electron chi connectivity index (χ4n) is 1.70. The van der Waals surface area contributed by atoms with Crippen LogP contribution in [-0.4, -0.2) is 13.0 Å². The SMILES string of the molecule is CN(C(=O)c1ccc(Cl)c(Br)c1)c1ccc(C#N)cc1. The van der Waals surface area contributed by atoms with Gasteiger partial charge in [-0.2, -0.15) is 5.26 Å². The van der Waals surface area contributed by atoms with Crippen molar-refractivity contribution >= 4 is 39.1 Å². The van der Waals surface area contributed by atoms with E-state index in [0.29, 0.717) is 20.6 Å². The molecule has 100 valence electrons. The largest absolute Gasteiger partial charge is 0.311 e. The van der Waals surface area contributed by atoms with Crippen molar-refractivity contribution in [3.8, 4) is 6.07 Å².